The van der Waals surface area contributed by atoms with Crippen LogP contribution in [0, 0.1) is 51.0 Å². The molecule has 12 nitrogen and oxygen atoms in total. The lowest BCUT2D eigenvalue weighted by atomic mass is 9.91. The maximum atomic E-state index is 13.7. The van der Waals surface area contributed by atoms with Crippen LogP contribution >= 0.6 is 0 Å². The predicted molar refractivity (Wildman–Crippen MR) is 234 cm³/mol. The van der Waals surface area contributed by atoms with Gasteiger partial charge in [-0.15, -0.1) is 0 Å². The average molecular weight is 865 g/mol. The summed E-state index contributed by atoms with van der Waals surface area (Å²) in [6.45, 7) is 9.28. The van der Waals surface area contributed by atoms with Crippen molar-refractivity contribution in [2.24, 2.45) is 0 Å². The molecule has 0 bridgehead atoms. The quantitative estimate of drug-likeness (QED) is 0.139. The number of pyridine rings is 2. The van der Waals surface area contributed by atoms with Crippen molar-refractivity contribution in [1.82, 2.24) is 58.6 Å². The molecule has 0 fully saturated rings. The zero-order chi connectivity index (χ0) is 44.5. The van der Waals surface area contributed by atoms with Gasteiger partial charge in [0.25, 0.3) is 0 Å². The lowest BCUT2D eigenvalue weighted by Gasteiger charge is -2.22. The highest BCUT2D eigenvalue weighted by atomic mass is 19.1. The third-order valence-electron chi connectivity index (χ3n) is 11.3. The molecule has 10 rings (SSSR count). The fourth-order valence-electron chi connectivity index (χ4n) is 8.37. The molecule has 0 saturated carbocycles. The Morgan fingerprint density at radius 3 is 1.28 bits per heavy atom. The number of rotatable bonds is 8. The van der Waals surface area contributed by atoms with Gasteiger partial charge in [0.05, 0.1) is 58.2 Å². The molecule has 64 heavy (non-hydrogen) atoms. The SMILES string of the molecule is Cc1cn(-c2ccc(/C=C/c3nc4n(n3)CCC[C@@H]4c3cc(F)cc(F)c3)nc2C)cn1.Cc1cn(-c2ccc(/C=C/c3nc4n(n3)CCC[C@H]4c3cc(F)cc(F)c3)nc2C)cn1. The number of aromatic nitrogens is 12. The van der Waals surface area contributed by atoms with Crippen LogP contribution in [0.3, 0.4) is 0 Å². The molecule has 0 radical (unpaired) electrons. The highest BCUT2D eigenvalue weighted by Crippen LogP contribution is 2.34. The van der Waals surface area contributed by atoms with Gasteiger partial charge < -0.3 is 9.13 Å². The van der Waals surface area contributed by atoms with E-state index >= 15 is 0 Å². The molecule has 0 amide bonds. The Bertz CT molecular complexity index is 2800. The zero-order valence-electron chi connectivity index (χ0n) is 35.7. The third-order valence-corrected chi connectivity index (χ3v) is 11.3. The van der Waals surface area contributed by atoms with Crippen molar-refractivity contribution in [1.29, 1.82) is 0 Å². The van der Waals surface area contributed by atoms with Gasteiger partial charge in [-0.05, 0) is 137 Å². The summed E-state index contributed by atoms with van der Waals surface area (Å²) < 4.78 is 62.5. The van der Waals surface area contributed by atoms with E-state index in [-0.39, 0.29) is 11.8 Å². The molecule has 16 heteroatoms. The van der Waals surface area contributed by atoms with Crippen molar-refractivity contribution in [2.45, 2.75) is 78.3 Å². The second kappa shape index (κ2) is 17.8. The molecule has 324 valence electrons. The number of aryl methyl sites for hydroxylation is 6. The Kier molecular flexibility index (Phi) is 11.7. The Balaban J connectivity index is 0.000000162. The van der Waals surface area contributed by atoms with Gasteiger partial charge in [0, 0.05) is 49.5 Å². The van der Waals surface area contributed by atoms with Crippen LogP contribution in [0.25, 0.3) is 35.7 Å². The van der Waals surface area contributed by atoms with Gasteiger partial charge in [0.1, 0.15) is 34.9 Å². The summed E-state index contributed by atoms with van der Waals surface area (Å²) in [4.78, 5) is 27.1. The van der Waals surface area contributed by atoms with Gasteiger partial charge in [-0.2, -0.15) is 10.2 Å². The summed E-state index contributed by atoms with van der Waals surface area (Å²) in [6, 6.07) is 15.2. The first kappa shape index (κ1) is 42.0. The Morgan fingerprint density at radius 1 is 0.516 bits per heavy atom. The molecule has 2 aliphatic rings. The van der Waals surface area contributed by atoms with Crippen LogP contribution in [0.4, 0.5) is 17.6 Å². The first-order chi connectivity index (χ1) is 30.9. The van der Waals surface area contributed by atoms with E-state index in [0.29, 0.717) is 22.8 Å². The van der Waals surface area contributed by atoms with Crippen LogP contribution in [-0.2, 0) is 13.1 Å². The van der Waals surface area contributed by atoms with Crippen LogP contribution in [0.2, 0.25) is 0 Å². The minimum atomic E-state index is -0.576. The van der Waals surface area contributed by atoms with Crippen molar-refractivity contribution in [3.63, 3.8) is 0 Å². The van der Waals surface area contributed by atoms with Crippen molar-refractivity contribution < 1.29 is 17.6 Å². The summed E-state index contributed by atoms with van der Waals surface area (Å²) >= 11 is 0. The molecule has 0 aliphatic carbocycles. The Morgan fingerprint density at radius 2 is 0.922 bits per heavy atom. The van der Waals surface area contributed by atoms with Gasteiger partial charge in [-0.1, -0.05) is 0 Å². The molecule has 6 aromatic heterocycles. The Labute approximate surface area is 366 Å². The first-order valence-corrected chi connectivity index (χ1v) is 21.1. The normalized spacial score (nSPS) is 15.9. The highest BCUT2D eigenvalue weighted by molar-refractivity contribution is 5.66. The number of nitrogens with zero attached hydrogens (tertiary/aromatic N) is 12. The Hall–Kier alpha value is -7.36. The summed E-state index contributed by atoms with van der Waals surface area (Å²) in [6.07, 6.45) is 18.1. The molecule has 8 aromatic rings. The summed E-state index contributed by atoms with van der Waals surface area (Å²) in [5, 5.41) is 9.14. The fourth-order valence-corrected chi connectivity index (χ4v) is 8.37. The number of benzene rings is 2. The van der Waals surface area contributed by atoms with E-state index in [9.17, 15) is 17.6 Å². The fraction of sp³-hybridized carbons (Fsp3) is 0.250. The largest absolute Gasteiger partial charge is 0.304 e. The van der Waals surface area contributed by atoms with Gasteiger partial charge in [-0.3, -0.25) is 9.97 Å². The smallest absolute Gasteiger partial charge is 0.174 e. The van der Waals surface area contributed by atoms with E-state index in [1.54, 1.807) is 12.7 Å². The minimum Gasteiger partial charge on any atom is -0.304 e. The van der Waals surface area contributed by atoms with Crippen LogP contribution in [0.15, 0.2) is 85.7 Å². The maximum Gasteiger partial charge on any atom is 0.174 e. The minimum absolute atomic E-state index is 0.179. The van der Waals surface area contributed by atoms with E-state index < -0.39 is 23.3 Å². The maximum absolute atomic E-state index is 13.7. The zero-order valence-corrected chi connectivity index (χ0v) is 35.7. The molecule has 0 N–H and O–H groups in total. The van der Waals surface area contributed by atoms with E-state index in [1.807, 2.05) is 107 Å². The summed E-state index contributed by atoms with van der Waals surface area (Å²) in [5.74, 6) is -0.0920. The van der Waals surface area contributed by atoms with E-state index in [1.165, 1.54) is 24.3 Å². The molecule has 2 aliphatic heterocycles. The van der Waals surface area contributed by atoms with Gasteiger partial charge in [0.15, 0.2) is 11.6 Å². The number of fused-ring (bicyclic) bond motifs is 2. The molecule has 0 unspecified atom stereocenters. The second-order valence-electron chi connectivity index (χ2n) is 16.1. The summed E-state index contributed by atoms with van der Waals surface area (Å²) in [5.41, 5.74) is 8.38. The molecular weight excluding hydrogens is 821 g/mol. The third kappa shape index (κ3) is 9.21. The van der Waals surface area contributed by atoms with Crippen LogP contribution in [0.5, 0.6) is 0 Å². The van der Waals surface area contributed by atoms with Gasteiger partial charge >= 0.3 is 0 Å². The summed E-state index contributed by atoms with van der Waals surface area (Å²) in [7, 11) is 0. The second-order valence-corrected chi connectivity index (χ2v) is 16.1. The first-order valence-electron chi connectivity index (χ1n) is 21.1. The van der Waals surface area contributed by atoms with Crippen molar-refractivity contribution in [2.75, 3.05) is 0 Å². The number of imidazole rings is 2. The lowest BCUT2D eigenvalue weighted by Crippen LogP contribution is -2.18. The van der Waals surface area contributed by atoms with E-state index in [4.69, 9.17) is 0 Å². The molecule has 2 aromatic carbocycles. The van der Waals surface area contributed by atoms with Crippen LogP contribution in [-0.4, -0.2) is 58.6 Å². The molecular formula is C48H44F4N12. The standard InChI is InChI=1S/2C24H22F2N6/c2*1-15-13-31(14-27-15)22-7-5-20(28-16(22)2)6-8-23-29-24-21(4-3-9-32(24)30-23)17-10-18(25)12-19(26)11-17/h2*5-8,10-14,21H,3-4,9H2,1-2H3/b2*8-6+/t2*21-/m10/s1. The van der Waals surface area contributed by atoms with Gasteiger partial charge in [-0.25, -0.2) is 46.9 Å². The van der Waals surface area contributed by atoms with Crippen molar-refractivity contribution >= 4 is 24.3 Å². The number of hydrogen-bond acceptors (Lipinski definition) is 8. The van der Waals surface area contributed by atoms with Crippen LogP contribution < -0.4 is 0 Å². The predicted octanol–water partition coefficient (Wildman–Crippen LogP) is 9.70. The molecule has 8 heterocycles. The topological polar surface area (TPSA) is 123 Å². The van der Waals surface area contributed by atoms with Gasteiger partial charge in [0.2, 0.25) is 0 Å². The monoisotopic (exact) mass is 864 g/mol. The van der Waals surface area contributed by atoms with E-state index in [0.717, 1.165) is 108 Å². The average Bonchev–Trinajstić information content (AvgIpc) is 4.08. The highest BCUT2D eigenvalue weighted by Gasteiger charge is 2.28. The molecule has 0 spiro atoms. The molecule has 0 saturated heterocycles. The van der Waals surface area contributed by atoms with Crippen molar-refractivity contribution in [3.8, 4) is 11.4 Å². The van der Waals surface area contributed by atoms with Crippen molar-refractivity contribution in [3.05, 3.63) is 178 Å². The van der Waals surface area contributed by atoms with E-state index in [2.05, 4.69) is 40.1 Å². The lowest BCUT2D eigenvalue weighted by molar-refractivity contribution is 0.443. The molecule has 2 atom stereocenters. The number of hydrogen-bond donors (Lipinski definition) is 0. The number of halogens is 4. The van der Waals surface area contributed by atoms with Crippen LogP contribution in [0.1, 0.15) is 106 Å².